The lowest BCUT2D eigenvalue weighted by Gasteiger charge is -2.32. The molecule has 0 saturated carbocycles. The van der Waals surface area contributed by atoms with Gasteiger partial charge in [0.1, 0.15) is 17.9 Å². The molecule has 8 heteroatoms. The zero-order chi connectivity index (χ0) is 18.6. The highest BCUT2D eigenvalue weighted by atomic mass is 16.5. The fraction of sp³-hybridized carbons (Fsp3) is 0.316. The van der Waals surface area contributed by atoms with Gasteiger partial charge in [-0.2, -0.15) is 5.26 Å². The Hall–Kier alpha value is -3.47. The summed E-state index contributed by atoms with van der Waals surface area (Å²) in [6.07, 6.45) is 4.50. The number of fused-ring (bicyclic) bond motifs is 1. The second-order valence-electron chi connectivity index (χ2n) is 6.35. The van der Waals surface area contributed by atoms with Gasteiger partial charge < -0.3 is 14.2 Å². The third-order valence-corrected chi connectivity index (χ3v) is 4.55. The molecule has 0 aliphatic carbocycles. The van der Waals surface area contributed by atoms with E-state index in [4.69, 9.17) is 14.5 Å². The minimum Gasteiger partial charge on any atom is -0.470 e. The third kappa shape index (κ3) is 3.58. The van der Waals surface area contributed by atoms with Gasteiger partial charge in [0.05, 0.1) is 13.0 Å². The van der Waals surface area contributed by atoms with Crippen molar-refractivity contribution in [3.63, 3.8) is 0 Å². The molecule has 1 amide bonds. The molecule has 136 valence electrons. The molecule has 1 aromatic carbocycles. The van der Waals surface area contributed by atoms with Crippen LogP contribution < -0.4 is 4.74 Å². The first-order chi connectivity index (χ1) is 13.2. The van der Waals surface area contributed by atoms with Crippen LogP contribution in [0, 0.1) is 11.3 Å². The Labute approximate surface area is 155 Å². The molecule has 1 atom stereocenters. The van der Waals surface area contributed by atoms with E-state index in [1.54, 1.807) is 4.90 Å². The number of para-hydroxylation sites is 1. The number of aromatic nitrogens is 3. The Bertz CT molecular complexity index is 1010. The number of nitrogens with zero attached hydrogens (tertiary/aromatic N) is 5. The van der Waals surface area contributed by atoms with Gasteiger partial charge in [-0.15, -0.1) is 0 Å². The Kier molecular flexibility index (Phi) is 4.66. The maximum absolute atomic E-state index is 12.7. The number of hydrogen-bond donors (Lipinski definition) is 0. The Morgan fingerprint density at radius 1 is 1.33 bits per heavy atom. The number of benzene rings is 1. The van der Waals surface area contributed by atoms with Gasteiger partial charge in [0, 0.05) is 24.3 Å². The Morgan fingerprint density at radius 3 is 3.07 bits per heavy atom. The molecule has 0 unspecified atom stereocenters. The second-order valence-corrected chi connectivity index (χ2v) is 6.35. The second kappa shape index (κ2) is 7.41. The predicted molar refractivity (Wildman–Crippen MR) is 94.7 cm³/mol. The fourth-order valence-electron chi connectivity index (χ4n) is 3.23. The van der Waals surface area contributed by atoms with Gasteiger partial charge in [-0.1, -0.05) is 17.3 Å². The lowest BCUT2D eigenvalue weighted by molar-refractivity contribution is -0.133. The van der Waals surface area contributed by atoms with Crippen LogP contribution in [-0.2, 0) is 11.2 Å². The fourth-order valence-corrected chi connectivity index (χ4v) is 3.23. The van der Waals surface area contributed by atoms with Gasteiger partial charge in [-0.25, -0.2) is 9.97 Å². The van der Waals surface area contributed by atoms with Crippen molar-refractivity contribution in [3.8, 4) is 11.9 Å². The minimum atomic E-state index is -0.222. The van der Waals surface area contributed by atoms with E-state index < -0.39 is 0 Å². The van der Waals surface area contributed by atoms with Crippen molar-refractivity contribution in [2.45, 2.75) is 25.4 Å². The van der Waals surface area contributed by atoms with Crippen LogP contribution in [0.15, 0.2) is 41.2 Å². The molecule has 1 fully saturated rings. The average molecular weight is 363 g/mol. The molecule has 3 heterocycles. The van der Waals surface area contributed by atoms with E-state index in [1.165, 1.54) is 12.4 Å². The van der Waals surface area contributed by atoms with E-state index in [9.17, 15) is 4.79 Å². The van der Waals surface area contributed by atoms with Crippen molar-refractivity contribution in [3.05, 3.63) is 48.0 Å². The first kappa shape index (κ1) is 17.0. The monoisotopic (exact) mass is 363 g/mol. The number of carbonyl (C=O) groups excluding carboxylic acids is 1. The van der Waals surface area contributed by atoms with Crippen molar-refractivity contribution < 1.29 is 14.1 Å². The molecule has 1 aliphatic heterocycles. The van der Waals surface area contributed by atoms with Crippen LogP contribution in [0.4, 0.5) is 0 Å². The number of amides is 1. The maximum atomic E-state index is 12.7. The first-order valence-corrected chi connectivity index (χ1v) is 8.73. The zero-order valence-corrected chi connectivity index (χ0v) is 14.5. The van der Waals surface area contributed by atoms with E-state index >= 15 is 0 Å². The van der Waals surface area contributed by atoms with Gasteiger partial charge in [-0.05, 0) is 25.0 Å². The average Bonchev–Trinajstić information content (AvgIpc) is 3.11. The van der Waals surface area contributed by atoms with Gasteiger partial charge in [0.2, 0.25) is 11.6 Å². The van der Waals surface area contributed by atoms with Crippen molar-refractivity contribution >= 4 is 16.9 Å². The standard InChI is InChI=1S/C19H17N5O3/c20-11-16-19(22-8-7-21-16)26-13-4-3-9-24(12-13)18(25)10-15-14-5-1-2-6-17(14)27-23-15/h1-2,5-8,13H,3-4,9-10,12H2/t13-/m1/s1. The largest absolute Gasteiger partial charge is 0.470 e. The van der Waals surface area contributed by atoms with E-state index in [1.807, 2.05) is 30.3 Å². The van der Waals surface area contributed by atoms with Crippen LogP contribution in [0.2, 0.25) is 0 Å². The summed E-state index contributed by atoms with van der Waals surface area (Å²) in [5, 5.41) is 14.0. The number of nitriles is 1. The van der Waals surface area contributed by atoms with Crippen molar-refractivity contribution in [2.75, 3.05) is 13.1 Å². The third-order valence-electron chi connectivity index (χ3n) is 4.55. The summed E-state index contributed by atoms with van der Waals surface area (Å²) in [6, 6.07) is 9.46. The highest BCUT2D eigenvalue weighted by Gasteiger charge is 2.27. The molecule has 3 aromatic rings. The number of ether oxygens (including phenoxy) is 1. The summed E-state index contributed by atoms with van der Waals surface area (Å²) in [4.78, 5) is 22.5. The smallest absolute Gasteiger partial charge is 0.251 e. The lowest BCUT2D eigenvalue weighted by Crippen LogP contribution is -2.45. The van der Waals surface area contributed by atoms with Crippen molar-refractivity contribution in [2.24, 2.45) is 0 Å². The Balaban J connectivity index is 1.43. The molecule has 1 saturated heterocycles. The highest BCUT2D eigenvalue weighted by Crippen LogP contribution is 2.21. The van der Waals surface area contributed by atoms with E-state index in [-0.39, 0.29) is 30.0 Å². The van der Waals surface area contributed by atoms with Crippen LogP contribution in [0.1, 0.15) is 24.2 Å². The van der Waals surface area contributed by atoms with Crippen molar-refractivity contribution in [1.29, 1.82) is 5.26 Å². The molecular formula is C19H17N5O3. The normalized spacial score (nSPS) is 16.9. The summed E-state index contributed by atoms with van der Waals surface area (Å²) in [5.74, 6) is 0.184. The summed E-state index contributed by atoms with van der Waals surface area (Å²) in [5.41, 5.74) is 1.46. The number of hydrogen-bond acceptors (Lipinski definition) is 7. The number of carbonyl (C=O) groups is 1. The summed E-state index contributed by atoms with van der Waals surface area (Å²) in [7, 11) is 0. The molecular weight excluding hydrogens is 346 g/mol. The first-order valence-electron chi connectivity index (χ1n) is 8.73. The Morgan fingerprint density at radius 2 is 2.19 bits per heavy atom. The topological polar surface area (TPSA) is 105 Å². The molecule has 8 nitrogen and oxygen atoms in total. The zero-order valence-electron chi connectivity index (χ0n) is 14.5. The highest BCUT2D eigenvalue weighted by molar-refractivity contribution is 5.86. The predicted octanol–water partition coefficient (Wildman–Crippen LogP) is 2.10. The van der Waals surface area contributed by atoms with Gasteiger partial charge in [0.25, 0.3) is 5.88 Å². The molecule has 4 rings (SSSR count). The quantitative estimate of drug-likeness (QED) is 0.699. The van der Waals surface area contributed by atoms with Crippen molar-refractivity contribution in [1.82, 2.24) is 20.0 Å². The van der Waals surface area contributed by atoms with Gasteiger partial charge in [-0.3, -0.25) is 4.79 Å². The van der Waals surface area contributed by atoms with Gasteiger partial charge in [0.15, 0.2) is 5.58 Å². The molecule has 2 aromatic heterocycles. The summed E-state index contributed by atoms with van der Waals surface area (Å²) < 4.78 is 11.1. The van der Waals surface area contributed by atoms with Gasteiger partial charge >= 0.3 is 0 Å². The number of piperidine rings is 1. The van der Waals surface area contributed by atoms with Crippen LogP contribution in [-0.4, -0.2) is 45.1 Å². The molecule has 0 N–H and O–H groups in total. The van der Waals surface area contributed by atoms with Crippen LogP contribution in [0.3, 0.4) is 0 Å². The molecule has 0 radical (unpaired) electrons. The molecule has 0 spiro atoms. The summed E-state index contributed by atoms with van der Waals surface area (Å²) in [6.45, 7) is 1.11. The molecule has 27 heavy (non-hydrogen) atoms. The number of rotatable bonds is 4. The summed E-state index contributed by atoms with van der Waals surface area (Å²) >= 11 is 0. The molecule has 1 aliphatic rings. The van der Waals surface area contributed by atoms with Crippen LogP contribution >= 0.6 is 0 Å². The van der Waals surface area contributed by atoms with Crippen LogP contribution in [0.5, 0.6) is 5.88 Å². The number of likely N-dealkylation sites (tertiary alicyclic amines) is 1. The molecule has 0 bridgehead atoms. The SMILES string of the molecule is N#Cc1nccnc1O[C@@H]1CCCN(C(=O)Cc2noc3ccccc23)C1. The van der Waals surface area contributed by atoms with E-state index in [0.717, 1.165) is 18.2 Å². The lowest BCUT2D eigenvalue weighted by atomic mass is 10.1. The van der Waals surface area contributed by atoms with Crippen LogP contribution in [0.25, 0.3) is 11.0 Å². The minimum absolute atomic E-state index is 0.0259. The van der Waals surface area contributed by atoms with E-state index in [0.29, 0.717) is 24.4 Å². The van der Waals surface area contributed by atoms with E-state index in [2.05, 4.69) is 15.1 Å². The maximum Gasteiger partial charge on any atom is 0.251 e.